The van der Waals surface area contributed by atoms with Gasteiger partial charge in [0.15, 0.2) is 0 Å². The van der Waals surface area contributed by atoms with Crippen LogP contribution in [-0.4, -0.2) is 29.9 Å². The predicted octanol–water partition coefficient (Wildman–Crippen LogP) is 4.64. The molecule has 122 valence electrons. The highest BCUT2D eigenvalue weighted by Gasteiger charge is 2.16. The lowest BCUT2D eigenvalue weighted by Gasteiger charge is -2.16. The van der Waals surface area contributed by atoms with Gasteiger partial charge in [0, 0.05) is 41.8 Å². The van der Waals surface area contributed by atoms with E-state index in [0.717, 1.165) is 22.0 Å². The molecule has 0 radical (unpaired) electrons. The Morgan fingerprint density at radius 1 is 1.17 bits per heavy atom. The number of benzene rings is 2. The van der Waals surface area contributed by atoms with E-state index in [-0.39, 0.29) is 5.91 Å². The summed E-state index contributed by atoms with van der Waals surface area (Å²) in [7, 11) is 3.48. The third-order valence-corrected chi connectivity index (χ3v) is 4.08. The number of hydrogen-bond donors (Lipinski definition) is 1. The topological polar surface area (TPSA) is 45.2 Å². The lowest BCUT2D eigenvalue weighted by molar-refractivity contribution is 0.0829. The van der Waals surface area contributed by atoms with Gasteiger partial charge in [-0.1, -0.05) is 35.9 Å². The fraction of sp³-hybridized carbons (Fsp3) is 0.158. The summed E-state index contributed by atoms with van der Waals surface area (Å²) in [5, 5.41) is 5.76. The maximum absolute atomic E-state index is 12.5. The Morgan fingerprint density at radius 3 is 2.62 bits per heavy atom. The molecule has 5 heteroatoms. The monoisotopic (exact) mass is 339 g/mol. The van der Waals surface area contributed by atoms with Crippen molar-refractivity contribution < 1.29 is 4.79 Å². The molecule has 0 unspecified atom stereocenters. The maximum Gasteiger partial charge on any atom is 0.255 e. The van der Waals surface area contributed by atoms with E-state index in [1.807, 2.05) is 49.4 Å². The summed E-state index contributed by atoms with van der Waals surface area (Å²) in [5.41, 5.74) is 2.49. The van der Waals surface area contributed by atoms with Gasteiger partial charge in [-0.15, -0.1) is 0 Å². The van der Waals surface area contributed by atoms with Crippen LogP contribution in [0.4, 0.5) is 11.5 Å². The number of halogens is 1. The van der Waals surface area contributed by atoms with Crippen LogP contribution in [0.5, 0.6) is 0 Å². The van der Waals surface area contributed by atoms with Crippen LogP contribution in [0.15, 0.2) is 48.7 Å². The first kappa shape index (κ1) is 16.3. The molecule has 0 spiro atoms. The van der Waals surface area contributed by atoms with Crippen molar-refractivity contribution in [1.82, 2.24) is 9.88 Å². The molecular weight excluding hydrogens is 322 g/mol. The molecule has 1 heterocycles. The van der Waals surface area contributed by atoms with Gasteiger partial charge < -0.3 is 10.2 Å². The van der Waals surface area contributed by atoms with Crippen molar-refractivity contribution in [1.29, 1.82) is 0 Å². The van der Waals surface area contributed by atoms with Crippen molar-refractivity contribution in [3.63, 3.8) is 0 Å². The van der Waals surface area contributed by atoms with E-state index >= 15 is 0 Å². The number of carbonyl (C=O) groups is 1. The molecule has 0 aliphatic rings. The summed E-state index contributed by atoms with van der Waals surface area (Å²) in [6, 6.07) is 13.4. The van der Waals surface area contributed by atoms with Gasteiger partial charge in [0.1, 0.15) is 5.82 Å². The standard InChI is InChI=1S/C19H18ClN3O/c1-12-6-4-9-15-17(12)16(19(24)23(2)3)11-21-18(15)22-14-8-5-7-13(20)10-14/h4-11H,1-3H3,(H,21,22). The van der Waals surface area contributed by atoms with E-state index in [1.54, 1.807) is 25.2 Å². The van der Waals surface area contributed by atoms with Crippen molar-refractivity contribution in [2.75, 3.05) is 19.4 Å². The Bertz CT molecular complexity index is 922. The van der Waals surface area contributed by atoms with Crippen LogP contribution in [0.1, 0.15) is 15.9 Å². The van der Waals surface area contributed by atoms with Gasteiger partial charge in [0.2, 0.25) is 0 Å². The van der Waals surface area contributed by atoms with E-state index in [9.17, 15) is 4.79 Å². The first-order valence-electron chi connectivity index (χ1n) is 7.60. The van der Waals surface area contributed by atoms with Crippen LogP contribution in [0, 0.1) is 6.92 Å². The second-order valence-corrected chi connectivity index (χ2v) is 6.29. The minimum Gasteiger partial charge on any atom is -0.345 e. The smallest absolute Gasteiger partial charge is 0.255 e. The minimum atomic E-state index is -0.0592. The van der Waals surface area contributed by atoms with Crippen LogP contribution in [0.2, 0.25) is 5.02 Å². The third-order valence-electron chi connectivity index (χ3n) is 3.84. The number of rotatable bonds is 3. The maximum atomic E-state index is 12.5. The van der Waals surface area contributed by atoms with Gasteiger partial charge >= 0.3 is 0 Å². The van der Waals surface area contributed by atoms with Crippen LogP contribution in [0.25, 0.3) is 10.8 Å². The lowest BCUT2D eigenvalue weighted by atomic mass is 10.0. The number of aromatic nitrogens is 1. The molecule has 0 atom stereocenters. The fourth-order valence-corrected chi connectivity index (χ4v) is 2.88. The average molecular weight is 340 g/mol. The van der Waals surface area contributed by atoms with Gasteiger partial charge in [0.25, 0.3) is 5.91 Å². The molecule has 0 bridgehead atoms. The van der Waals surface area contributed by atoms with E-state index in [0.29, 0.717) is 16.4 Å². The number of nitrogens with one attached hydrogen (secondary N) is 1. The average Bonchev–Trinajstić information content (AvgIpc) is 2.55. The Kier molecular flexibility index (Phi) is 4.40. The largest absolute Gasteiger partial charge is 0.345 e. The molecule has 0 aliphatic carbocycles. The van der Waals surface area contributed by atoms with Crippen LogP contribution >= 0.6 is 11.6 Å². The zero-order valence-corrected chi connectivity index (χ0v) is 14.6. The van der Waals surface area contributed by atoms with E-state index < -0.39 is 0 Å². The zero-order valence-electron chi connectivity index (χ0n) is 13.8. The highest BCUT2D eigenvalue weighted by Crippen LogP contribution is 2.30. The van der Waals surface area contributed by atoms with Crippen LogP contribution in [0.3, 0.4) is 0 Å². The molecule has 2 aromatic carbocycles. The second-order valence-electron chi connectivity index (χ2n) is 5.85. The molecule has 1 N–H and O–H groups in total. The molecule has 1 amide bonds. The van der Waals surface area contributed by atoms with Crippen molar-refractivity contribution >= 4 is 39.8 Å². The zero-order chi connectivity index (χ0) is 17.3. The van der Waals surface area contributed by atoms with E-state index in [2.05, 4.69) is 10.3 Å². The number of amides is 1. The molecule has 4 nitrogen and oxygen atoms in total. The molecule has 0 aliphatic heterocycles. The van der Waals surface area contributed by atoms with Gasteiger partial charge in [-0.05, 0) is 30.7 Å². The lowest BCUT2D eigenvalue weighted by Crippen LogP contribution is -2.22. The molecular formula is C19H18ClN3O. The quantitative estimate of drug-likeness (QED) is 0.756. The van der Waals surface area contributed by atoms with Gasteiger partial charge in [0.05, 0.1) is 5.56 Å². The Balaban J connectivity index is 2.16. The summed E-state index contributed by atoms with van der Waals surface area (Å²) < 4.78 is 0. The first-order valence-corrected chi connectivity index (χ1v) is 7.97. The van der Waals surface area contributed by atoms with Gasteiger partial charge in [-0.25, -0.2) is 4.98 Å². The summed E-state index contributed by atoms with van der Waals surface area (Å²) in [6.07, 6.45) is 1.63. The Hall–Kier alpha value is -2.59. The molecule has 0 saturated heterocycles. The summed E-state index contributed by atoms with van der Waals surface area (Å²) in [5.74, 6) is 0.641. The highest BCUT2D eigenvalue weighted by molar-refractivity contribution is 6.30. The summed E-state index contributed by atoms with van der Waals surface area (Å²) >= 11 is 6.05. The molecule has 0 fully saturated rings. The molecule has 3 rings (SSSR count). The van der Waals surface area contributed by atoms with Crippen molar-refractivity contribution in [2.24, 2.45) is 0 Å². The number of fused-ring (bicyclic) bond motifs is 1. The third kappa shape index (κ3) is 3.05. The number of nitrogens with zero attached hydrogens (tertiary/aromatic N) is 2. The SMILES string of the molecule is Cc1cccc2c(Nc3cccc(Cl)c3)ncc(C(=O)N(C)C)c12. The predicted molar refractivity (Wildman–Crippen MR) is 99.2 cm³/mol. The summed E-state index contributed by atoms with van der Waals surface area (Å²) in [6.45, 7) is 2.00. The van der Waals surface area contributed by atoms with Crippen molar-refractivity contribution in [3.05, 3.63) is 64.8 Å². The van der Waals surface area contributed by atoms with Crippen molar-refractivity contribution in [3.8, 4) is 0 Å². The number of anilines is 2. The number of aryl methyl sites for hydroxylation is 1. The minimum absolute atomic E-state index is 0.0592. The fourth-order valence-electron chi connectivity index (χ4n) is 2.69. The second kappa shape index (κ2) is 6.49. The first-order chi connectivity index (χ1) is 11.5. The molecule has 1 aromatic heterocycles. The van der Waals surface area contributed by atoms with E-state index in [1.165, 1.54) is 0 Å². The molecule has 3 aromatic rings. The van der Waals surface area contributed by atoms with Gasteiger partial charge in [-0.2, -0.15) is 0 Å². The highest BCUT2D eigenvalue weighted by atomic mass is 35.5. The van der Waals surface area contributed by atoms with Gasteiger partial charge in [-0.3, -0.25) is 4.79 Å². The number of carbonyl (C=O) groups excluding carboxylic acids is 1. The molecule has 24 heavy (non-hydrogen) atoms. The van der Waals surface area contributed by atoms with Crippen molar-refractivity contribution in [2.45, 2.75) is 6.92 Å². The van der Waals surface area contributed by atoms with E-state index in [4.69, 9.17) is 11.6 Å². The number of pyridine rings is 1. The summed E-state index contributed by atoms with van der Waals surface area (Å²) in [4.78, 5) is 18.5. The number of hydrogen-bond acceptors (Lipinski definition) is 3. The Morgan fingerprint density at radius 2 is 1.92 bits per heavy atom. The van der Waals surface area contributed by atoms with Crippen LogP contribution < -0.4 is 5.32 Å². The van der Waals surface area contributed by atoms with Crippen LogP contribution in [-0.2, 0) is 0 Å². The normalized spacial score (nSPS) is 10.7. The molecule has 0 saturated carbocycles. The Labute approximate surface area is 146 Å².